The second kappa shape index (κ2) is 14.7. The number of hydrogen-bond donors (Lipinski definition) is 3. The van der Waals surface area contributed by atoms with Crippen molar-refractivity contribution in [2.75, 3.05) is 25.0 Å². The molecule has 0 saturated carbocycles. The van der Waals surface area contributed by atoms with Crippen LogP contribution >= 0.6 is 11.6 Å². The molecule has 4 aromatic rings. The SMILES string of the molecule is O=C(O)c1ccc(NC(=O)C2C(OC3CCNCC3)CC(c3ccccc3)CN2C(=O)/C=C/c2cc(Cl)ccc2-n2cnnn2)cc1. The Kier molecular flexibility index (Phi) is 10.0. The molecular weight excluding hydrogens is 622 g/mol. The molecule has 3 atom stereocenters. The summed E-state index contributed by atoms with van der Waals surface area (Å²) < 4.78 is 8.17. The number of amides is 2. The van der Waals surface area contributed by atoms with Gasteiger partial charge in [0, 0.05) is 34.8 Å². The van der Waals surface area contributed by atoms with E-state index in [0.29, 0.717) is 28.4 Å². The molecule has 3 heterocycles. The molecule has 242 valence electrons. The van der Waals surface area contributed by atoms with E-state index in [1.54, 1.807) is 29.2 Å². The lowest BCUT2D eigenvalue weighted by Crippen LogP contribution is -2.59. The van der Waals surface area contributed by atoms with Crippen LogP contribution in [-0.4, -0.2) is 85.9 Å². The molecule has 2 aliphatic rings. The minimum atomic E-state index is -1.07. The molecule has 12 nitrogen and oxygen atoms in total. The molecule has 13 heteroatoms. The summed E-state index contributed by atoms with van der Waals surface area (Å²) in [4.78, 5) is 41.3. The number of aromatic nitrogens is 4. The highest BCUT2D eigenvalue weighted by molar-refractivity contribution is 6.30. The smallest absolute Gasteiger partial charge is 0.335 e. The summed E-state index contributed by atoms with van der Waals surface area (Å²) in [5.74, 6) is -1.95. The summed E-state index contributed by atoms with van der Waals surface area (Å²) in [6.07, 6.45) is 5.96. The molecule has 0 bridgehead atoms. The molecule has 2 saturated heterocycles. The summed E-state index contributed by atoms with van der Waals surface area (Å²) in [6, 6.07) is 20.0. The third-order valence-corrected chi connectivity index (χ3v) is 8.72. The first kappa shape index (κ1) is 32.0. The number of ether oxygens (including phenoxy) is 1. The lowest BCUT2D eigenvalue weighted by molar-refractivity contribution is -0.150. The molecule has 3 aromatic carbocycles. The number of piperidine rings is 2. The van der Waals surface area contributed by atoms with Crippen LogP contribution in [0.5, 0.6) is 0 Å². The molecule has 6 rings (SSSR count). The number of tetrazole rings is 1. The van der Waals surface area contributed by atoms with Gasteiger partial charge in [-0.05, 0) is 96.9 Å². The number of hydrogen-bond acceptors (Lipinski definition) is 8. The van der Waals surface area contributed by atoms with E-state index in [1.165, 1.54) is 41.4 Å². The molecule has 3 unspecified atom stereocenters. The van der Waals surface area contributed by atoms with Crippen molar-refractivity contribution in [3.63, 3.8) is 0 Å². The second-order valence-corrected chi connectivity index (χ2v) is 12.0. The standard InChI is InChI=1S/C34H34ClN7O5/c35-26-9-12-29(42-21-37-39-40-42)24(18-26)8-13-31(43)41-20-25(22-4-2-1-3-5-22)19-30(47-28-14-16-36-17-15-28)32(41)33(44)38-27-10-6-23(7-11-27)34(45)46/h1-13,18,21,25,28,30,32,36H,14-17,19-20H2,(H,38,44)(H,45,46)/b13-8+. The van der Waals surface area contributed by atoms with E-state index in [-0.39, 0.29) is 30.0 Å². The van der Waals surface area contributed by atoms with Crippen LogP contribution in [0.2, 0.25) is 5.02 Å². The Hall–Kier alpha value is -4.91. The highest BCUT2D eigenvalue weighted by Gasteiger charge is 2.44. The number of anilines is 1. The van der Waals surface area contributed by atoms with Gasteiger partial charge in [0.25, 0.3) is 0 Å². The van der Waals surface area contributed by atoms with Gasteiger partial charge in [0.05, 0.1) is 23.5 Å². The van der Waals surface area contributed by atoms with E-state index in [1.807, 2.05) is 30.3 Å². The Labute approximate surface area is 276 Å². The summed E-state index contributed by atoms with van der Waals surface area (Å²) in [6.45, 7) is 1.90. The maximum absolute atomic E-state index is 14.2. The Morgan fingerprint density at radius 3 is 2.49 bits per heavy atom. The topological polar surface area (TPSA) is 152 Å². The van der Waals surface area contributed by atoms with Gasteiger partial charge in [-0.25, -0.2) is 4.79 Å². The number of carbonyl (C=O) groups is 3. The number of carboxylic acid groups (broad SMARTS) is 1. The van der Waals surface area contributed by atoms with E-state index in [9.17, 15) is 19.5 Å². The van der Waals surface area contributed by atoms with Crippen LogP contribution in [-0.2, 0) is 14.3 Å². The Balaban J connectivity index is 1.35. The fourth-order valence-corrected chi connectivity index (χ4v) is 6.34. The normalized spacial score (nSPS) is 20.3. The third-order valence-electron chi connectivity index (χ3n) is 8.49. The fraction of sp³-hybridized carbons (Fsp3) is 0.294. The first-order valence-corrected chi connectivity index (χ1v) is 15.8. The van der Waals surface area contributed by atoms with Crippen LogP contribution in [0.15, 0.2) is 85.2 Å². The van der Waals surface area contributed by atoms with Gasteiger partial charge in [-0.2, -0.15) is 4.68 Å². The summed E-state index contributed by atoms with van der Waals surface area (Å²) >= 11 is 6.31. The first-order valence-electron chi connectivity index (χ1n) is 15.4. The minimum absolute atomic E-state index is 0.0706. The van der Waals surface area contributed by atoms with Crippen molar-refractivity contribution in [3.05, 3.63) is 107 Å². The molecule has 0 radical (unpaired) electrons. The van der Waals surface area contributed by atoms with Crippen molar-refractivity contribution in [1.82, 2.24) is 30.4 Å². The second-order valence-electron chi connectivity index (χ2n) is 11.6. The number of halogens is 1. The molecule has 47 heavy (non-hydrogen) atoms. The number of likely N-dealkylation sites (tertiary alicyclic amines) is 1. The Morgan fingerprint density at radius 1 is 1.02 bits per heavy atom. The molecule has 0 spiro atoms. The van der Waals surface area contributed by atoms with Gasteiger partial charge in [-0.3, -0.25) is 9.59 Å². The highest BCUT2D eigenvalue weighted by Crippen LogP contribution is 2.34. The van der Waals surface area contributed by atoms with Crippen molar-refractivity contribution in [1.29, 1.82) is 0 Å². The molecule has 2 fully saturated rings. The van der Waals surface area contributed by atoms with Crippen molar-refractivity contribution in [2.24, 2.45) is 0 Å². The van der Waals surface area contributed by atoms with Crippen LogP contribution in [0, 0.1) is 0 Å². The number of nitrogens with one attached hydrogen (secondary N) is 2. The van der Waals surface area contributed by atoms with E-state index in [2.05, 4.69) is 26.2 Å². The van der Waals surface area contributed by atoms with Gasteiger partial charge >= 0.3 is 5.97 Å². The predicted octanol–water partition coefficient (Wildman–Crippen LogP) is 4.19. The number of carboxylic acids is 1. The summed E-state index contributed by atoms with van der Waals surface area (Å²) in [7, 11) is 0. The number of carbonyl (C=O) groups excluding carboxylic acids is 2. The first-order chi connectivity index (χ1) is 22.9. The van der Waals surface area contributed by atoms with Gasteiger partial charge in [-0.1, -0.05) is 41.9 Å². The molecule has 2 aliphatic heterocycles. The lowest BCUT2D eigenvalue weighted by atomic mass is 9.84. The zero-order valence-electron chi connectivity index (χ0n) is 25.4. The molecule has 3 N–H and O–H groups in total. The predicted molar refractivity (Wildman–Crippen MR) is 175 cm³/mol. The van der Waals surface area contributed by atoms with Crippen LogP contribution in [0.25, 0.3) is 11.8 Å². The number of rotatable bonds is 9. The third kappa shape index (κ3) is 7.74. The van der Waals surface area contributed by atoms with Crippen LogP contribution in [0.1, 0.15) is 46.7 Å². The molecule has 0 aliphatic carbocycles. The maximum Gasteiger partial charge on any atom is 0.335 e. The molecule has 1 aromatic heterocycles. The quantitative estimate of drug-likeness (QED) is 0.226. The Morgan fingerprint density at radius 2 is 1.79 bits per heavy atom. The van der Waals surface area contributed by atoms with E-state index in [0.717, 1.165) is 31.5 Å². The fourth-order valence-electron chi connectivity index (χ4n) is 6.16. The lowest BCUT2D eigenvalue weighted by Gasteiger charge is -2.44. The maximum atomic E-state index is 14.2. The Bertz CT molecular complexity index is 1730. The summed E-state index contributed by atoms with van der Waals surface area (Å²) in [5.41, 5.74) is 2.79. The number of nitrogens with zero attached hydrogens (tertiary/aromatic N) is 5. The molecular formula is C34H34ClN7O5. The number of aromatic carboxylic acids is 1. The minimum Gasteiger partial charge on any atom is -0.478 e. The van der Waals surface area contributed by atoms with Gasteiger partial charge in [0.15, 0.2) is 0 Å². The highest BCUT2D eigenvalue weighted by atomic mass is 35.5. The zero-order chi connectivity index (χ0) is 32.8. The van der Waals surface area contributed by atoms with Gasteiger partial charge in [0.2, 0.25) is 11.8 Å². The molecule has 2 amide bonds. The average molecular weight is 656 g/mol. The largest absolute Gasteiger partial charge is 0.478 e. The van der Waals surface area contributed by atoms with Crippen molar-refractivity contribution in [2.45, 2.75) is 43.4 Å². The van der Waals surface area contributed by atoms with Crippen LogP contribution in [0.4, 0.5) is 5.69 Å². The van der Waals surface area contributed by atoms with Crippen molar-refractivity contribution < 1.29 is 24.2 Å². The van der Waals surface area contributed by atoms with Crippen molar-refractivity contribution in [3.8, 4) is 5.69 Å². The number of benzene rings is 3. The summed E-state index contributed by atoms with van der Waals surface area (Å²) in [5, 5.41) is 27.4. The van der Waals surface area contributed by atoms with Gasteiger partial charge < -0.3 is 25.4 Å². The van der Waals surface area contributed by atoms with Crippen molar-refractivity contribution >= 4 is 41.1 Å². The van der Waals surface area contributed by atoms with Crippen LogP contribution in [0.3, 0.4) is 0 Å². The van der Waals surface area contributed by atoms with Crippen LogP contribution < -0.4 is 10.6 Å². The zero-order valence-corrected chi connectivity index (χ0v) is 26.2. The van der Waals surface area contributed by atoms with E-state index >= 15 is 0 Å². The monoisotopic (exact) mass is 655 g/mol. The average Bonchev–Trinajstić information content (AvgIpc) is 3.63. The van der Waals surface area contributed by atoms with Gasteiger partial charge in [0.1, 0.15) is 12.4 Å². The van der Waals surface area contributed by atoms with E-state index < -0.39 is 24.0 Å². The van der Waals surface area contributed by atoms with Gasteiger partial charge in [-0.15, -0.1) is 5.10 Å². The van der Waals surface area contributed by atoms with E-state index in [4.69, 9.17) is 16.3 Å².